The van der Waals surface area contributed by atoms with Crippen LogP contribution < -0.4 is 0 Å². The molecule has 0 aliphatic rings. The van der Waals surface area contributed by atoms with Gasteiger partial charge in [-0.25, -0.2) is 0 Å². The molecule has 0 bridgehead atoms. The summed E-state index contributed by atoms with van der Waals surface area (Å²) in [5.74, 6) is 0. The first-order valence-electron chi connectivity index (χ1n) is 17.3. The SMILES string of the molecule is c1ccc(-c2cccc3c2[nH]c2ccccc23)c(-c2ccc3c([nH]c4ccccc43)c2-c2cccc3c4ccccc4c4ccccc4c23)c1. The Kier molecular flexibility index (Phi) is 5.70. The molecule has 0 amide bonds. The van der Waals surface area contributed by atoms with Crippen molar-refractivity contribution in [2.24, 2.45) is 0 Å². The van der Waals surface area contributed by atoms with Gasteiger partial charge in [-0.2, -0.15) is 0 Å². The number of hydrogen-bond donors (Lipinski definition) is 2. The van der Waals surface area contributed by atoms with Gasteiger partial charge in [-0.3, -0.25) is 0 Å². The summed E-state index contributed by atoms with van der Waals surface area (Å²) < 4.78 is 0. The molecule has 0 saturated heterocycles. The van der Waals surface area contributed by atoms with Crippen molar-refractivity contribution in [3.05, 3.63) is 170 Å². The first-order valence-corrected chi connectivity index (χ1v) is 17.3. The average molecular weight is 635 g/mol. The van der Waals surface area contributed by atoms with Crippen LogP contribution in [0.1, 0.15) is 0 Å². The highest BCUT2D eigenvalue weighted by molar-refractivity contribution is 6.30. The number of para-hydroxylation sites is 3. The van der Waals surface area contributed by atoms with Crippen molar-refractivity contribution in [1.29, 1.82) is 0 Å². The highest BCUT2D eigenvalue weighted by Crippen LogP contribution is 2.48. The molecule has 2 heterocycles. The second-order valence-corrected chi connectivity index (χ2v) is 13.3. The van der Waals surface area contributed by atoms with Gasteiger partial charge in [-0.15, -0.1) is 0 Å². The van der Waals surface area contributed by atoms with E-state index < -0.39 is 0 Å². The van der Waals surface area contributed by atoms with Crippen molar-refractivity contribution in [3.8, 4) is 33.4 Å². The lowest BCUT2D eigenvalue weighted by Gasteiger charge is -2.19. The summed E-state index contributed by atoms with van der Waals surface area (Å²) in [4.78, 5) is 7.68. The molecule has 0 aliphatic heterocycles. The molecule has 0 atom stereocenters. The minimum Gasteiger partial charge on any atom is -0.354 e. The van der Waals surface area contributed by atoms with E-state index in [0.29, 0.717) is 0 Å². The van der Waals surface area contributed by atoms with E-state index in [1.54, 1.807) is 0 Å². The monoisotopic (exact) mass is 634 g/mol. The van der Waals surface area contributed by atoms with Crippen LogP contribution in [0.4, 0.5) is 0 Å². The van der Waals surface area contributed by atoms with Crippen LogP contribution in [0.25, 0.3) is 109 Å². The molecule has 232 valence electrons. The lowest BCUT2D eigenvalue weighted by molar-refractivity contribution is 1.52. The third-order valence-corrected chi connectivity index (χ3v) is 10.8. The highest BCUT2D eigenvalue weighted by Gasteiger charge is 2.22. The normalized spacial score (nSPS) is 12.0. The molecule has 0 radical (unpaired) electrons. The predicted octanol–water partition coefficient (Wildman–Crippen LogP) is 13.4. The maximum Gasteiger partial charge on any atom is 0.0551 e. The Bertz CT molecular complexity index is 3110. The maximum absolute atomic E-state index is 3.91. The van der Waals surface area contributed by atoms with Crippen molar-refractivity contribution in [2.75, 3.05) is 0 Å². The number of aromatic amines is 2. The largest absolute Gasteiger partial charge is 0.354 e. The number of fused-ring (bicyclic) bond motifs is 12. The number of rotatable bonds is 3. The second-order valence-electron chi connectivity index (χ2n) is 13.3. The Morgan fingerprint density at radius 1 is 0.240 bits per heavy atom. The molecule has 0 unspecified atom stereocenters. The summed E-state index contributed by atoms with van der Waals surface area (Å²) >= 11 is 0. The zero-order valence-corrected chi connectivity index (χ0v) is 27.2. The van der Waals surface area contributed by atoms with Crippen LogP contribution in [0.2, 0.25) is 0 Å². The molecule has 11 aromatic rings. The van der Waals surface area contributed by atoms with E-state index in [0.717, 1.165) is 22.1 Å². The van der Waals surface area contributed by atoms with Gasteiger partial charge in [0.25, 0.3) is 0 Å². The molecule has 9 aromatic carbocycles. The van der Waals surface area contributed by atoms with Crippen molar-refractivity contribution >= 4 is 75.9 Å². The van der Waals surface area contributed by atoms with Crippen LogP contribution >= 0.6 is 0 Å². The Balaban J connectivity index is 1.30. The van der Waals surface area contributed by atoms with Crippen LogP contribution in [-0.2, 0) is 0 Å². The molecule has 50 heavy (non-hydrogen) atoms. The fourth-order valence-electron chi connectivity index (χ4n) is 8.64. The molecular weight excluding hydrogens is 605 g/mol. The Labute approximate surface area is 288 Å². The van der Waals surface area contributed by atoms with E-state index >= 15 is 0 Å². The van der Waals surface area contributed by atoms with Crippen LogP contribution in [0, 0.1) is 0 Å². The van der Waals surface area contributed by atoms with Gasteiger partial charge in [0.1, 0.15) is 0 Å². The van der Waals surface area contributed by atoms with Crippen molar-refractivity contribution in [2.45, 2.75) is 0 Å². The van der Waals surface area contributed by atoms with Gasteiger partial charge in [0.05, 0.1) is 11.0 Å². The third-order valence-electron chi connectivity index (χ3n) is 10.8. The molecule has 0 aliphatic carbocycles. The number of aromatic nitrogens is 2. The molecule has 2 aromatic heterocycles. The molecule has 2 heteroatoms. The molecular formula is C48H30N2. The molecule has 0 fully saturated rings. The summed E-state index contributed by atoms with van der Waals surface area (Å²) in [6.07, 6.45) is 0. The lowest BCUT2D eigenvalue weighted by atomic mass is 9.84. The second kappa shape index (κ2) is 10.4. The minimum atomic E-state index is 1.15. The van der Waals surface area contributed by atoms with Gasteiger partial charge < -0.3 is 9.97 Å². The quantitative estimate of drug-likeness (QED) is 0.181. The summed E-state index contributed by atoms with van der Waals surface area (Å²) in [5, 5.41) is 12.6. The summed E-state index contributed by atoms with van der Waals surface area (Å²) in [6, 6.07) is 62.1. The van der Waals surface area contributed by atoms with Gasteiger partial charge >= 0.3 is 0 Å². The average Bonchev–Trinajstić information content (AvgIpc) is 3.76. The fourth-order valence-corrected chi connectivity index (χ4v) is 8.64. The van der Waals surface area contributed by atoms with E-state index in [1.165, 1.54) is 87.2 Å². The van der Waals surface area contributed by atoms with Crippen LogP contribution in [-0.4, -0.2) is 9.97 Å². The topological polar surface area (TPSA) is 31.6 Å². The molecule has 2 N–H and O–H groups in total. The van der Waals surface area contributed by atoms with Crippen LogP contribution in [0.3, 0.4) is 0 Å². The predicted molar refractivity (Wildman–Crippen MR) is 214 cm³/mol. The Morgan fingerprint density at radius 3 is 1.32 bits per heavy atom. The summed E-state index contributed by atoms with van der Waals surface area (Å²) in [5.41, 5.74) is 11.9. The van der Waals surface area contributed by atoms with Crippen molar-refractivity contribution in [1.82, 2.24) is 9.97 Å². The zero-order chi connectivity index (χ0) is 32.8. The van der Waals surface area contributed by atoms with Crippen molar-refractivity contribution < 1.29 is 0 Å². The maximum atomic E-state index is 3.91. The van der Waals surface area contributed by atoms with E-state index in [2.05, 4.69) is 180 Å². The first kappa shape index (κ1) is 27.3. The van der Waals surface area contributed by atoms with E-state index in [9.17, 15) is 0 Å². The molecule has 0 saturated carbocycles. The van der Waals surface area contributed by atoms with Crippen LogP contribution in [0.15, 0.2) is 170 Å². The molecule has 2 nitrogen and oxygen atoms in total. The van der Waals surface area contributed by atoms with Gasteiger partial charge in [0.15, 0.2) is 0 Å². The summed E-state index contributed by atoms with van der Waals surface area (Å²) in [6.45, 7) is 0. The minimum absolute atomic E-state index is 1.15. The first-order chi connectivity index (χ1) is 24.8. The lowest BCUT2D eigenvalue weighted by Crippen LogP contribution is -1.93. The van der Waals surface area contributed by atoms with Crippen molar-refractivity contribution in [3.63, 3.8) is 0 Å². The molecule has 0 spiro atoms. The van der Waals surface area contributed by atoms with Gasteiger partial charge in [-0.1, -0.05) is 158 Å². The highest BCUT2D eigenvalue weighted by atomic mass is 14.7. The van der Waals surface area contributed by atoms with Gasteiger partial charge in [0, 0.05) is 43.7 Å². The van der Waals surface area contributed by atoms with E-state index in [-0.39, 0.29) is 0 Å². The zero-order valence-electron chi connectivity index (χ0n) is 27.2. The van der Waals surface area contributed by atoms with E-state index in [4.69, 9.17) is 0 Å². The van der Waals surface area contributed by atoms with Gasteiger partial charge in [-0.05, 0) is 66.7 Å². The van der Waals surface area contributed by atoms with Gasteiger partial charge in [0.2, 0.25) is 0 Å². The number of H-pyrrole nitrogens is 2. The molecule has 11 rings (SSSR count). The smallest absolute Gasteiger partial charge is 0.0551 e. The Hall–Kier alpha value is -6.64. The Morgan fingerprint density at radius 2 is 0.660 bits per heavy atom. The number of nitrogens with one attached hydrogen (secondary N) is 2. The number of benzene rings is 9. The number of hydrogen-bond acceptors (Lipinski definition) is 0. The fraction of sp³-hybridized carbons (Fsp3) is 0. The van der Waals surface area contributed by atoms with E-state index in [1.807, 2.05) is 0 Å². The third kappa shape index (κ3) is 3.79. The van der Waals surface area contributed by atoms with Crippen LogP contribution in [0.5, 0.6) is 0 Å². The standard InChI is InChI=1S/C48H30N2/c1-2-14-31-29(13-1)30-15-5-6-20-36(30)45-37(31)21-11-24-42(45)46-38(27-28-41-35-19-8-10-26-44(35)50-48(41)46)32-16-3-4-17-33(32)39-22-12-23-40-34-18-7-9-25-43(34)49-47(39)40/h1-28,49-50H. The summed E-state index contributed by atoms with van der Waals surface area (Å²) in [7, 11) is 0.